The first-order chi connectivity index (χ1) is 7.83. The molecular formula is C12H9N3O. The molecule has 0 fully saturated rings. The highest BCUT2D eigenvalue weighted by Crippen LogP contribution is 2.28. The van der Waals surface area contributed by atoms with Crippen LogP contribution in [0.15, 0.2) is 36.9 Å². The van der Waals surface area contributed by atoms with Crippen molar-refractivity contribution in [3.05, 3.63) is 42.5 Å². The van der Waals surface area contributed by atoms with Crippen molar-refractivity contribution in [3.63, 3.8) is 0 Å². The van der Waals surface area contributed by atoms with Crippen molar-refractivity contribution < 1.29 is 4.79 Å². The molecule has 2 heterocycles. The highest BCUT2D eigenvalue weighted by molar-refractivity contribution is 5.99. The van der Waals surface area contributed by atoms with Crippen LogP contribution >= 0.6 is 0 Å². The average Bonchev–Trinajstić information content (AvgIpc) is 2.69. The molecule has 0 saturated carbocycles. The van der Waals surface area contributed by atoms with Crippen LogP contribution in [0.4, 0.5) is 5.69 Å². The number of nitrogens with one attached hydrogen (secondary N) is 1. The van der Waals surface area contributed by atoms with E-state index < -0.39 is 0 Å². The zero-order valence-corrected chi connectivity index (χ0v) is 8.47. The average molecular weight is 211 g/mol. The summed E-state index contributed by atoms with van der Waals surface area (Å²) < 4.78 is 0. The maximum absolute atomic E-state index is 11.2. The summed E-state index contributed by atoms with van der Waals surface area (Å²) in [4.78, 5) is 19.2. The normalized spacial score (nSPS) is 13.4. The summed E-state index contributed by atoms with van der Waals surface area (Å²) in [5.74, 6) is 0.0523. The Morgan fingerprint density at radius 2 is 1.94 bits per heavy atom. The number of carbonyl (C=O) groups is 1. The molecule has 4 heteroatoms. The van der Waals surface area contributed by atoms with Gasteiger partial charge in [0, 0.05) is 23.6 Å². The minimum absolute atomic E-state index is 0.0523. The molecule has 2 aromatic rings. The molecule has 1 aromatic carbocycles. The lowest BCUT2D eigenvalue weighted by Crippen LogP contribution is -2.03. The van der Waals surface area contributed by atoms with Gasteiger partial charge < -0.3 is 5.32 Å². The number of anilines is 1. The smallest absolute Gasteiger partial charge is 0.228 e. The molecular weight excluding hydrogens is 202 g/mol. The standard InChI is InChI=1S/C12H9N3O/c16-12-4-9-3-8(1-2-11(9)15-12)10-5-13-7-14-6-10/h1-3,5-7H,4H2,(H,15,16). The summed E-state index contributed by atoms with van der Waals surface area (Å²) in [5.41, 5.74) is 3.94. The van der Waals surface area contributed by atoms with Crippen LogP contribution in [0.1, 0.15) is 5.56 Å². The number of amides is 1. The van der Waals surface area contributed by atoms with Crippen molar-refractivity contribution in [3.8, 4) is 11.1 Å². The summed E-state index contributed by atoms with van der Waals surface area (Å²) in [6.07, 6.45) is 5.48. The first-order valence-electron chi connectivity index (χ1n) is 5.01. The minimum Gasteiger partial charge on any atom is -0.326 e. The fourth-order valence-corrected chi connectivity index (χ4v) is 1.86. The van der Waals surface area contributed by atoms with Gasteiger partial charge in [-0.3, -0.25) is 4.79 Å². The van der Waals surface area contributed by atoms with Crippen LogP contribution in [-0.4, -0.2) is 15.9 Å². The molecule has 1 aromatic heterocycles. The van der Waals surface area contributed by atoms with Crippen molar-refractivity contribution in [2.24, 2.45) is 0 Å². The maximum Gasteiger partial charge on any atom is 0.228 e. The summed E-state index contributed by atoms with van der Waals surface area (Å²) in [6.45, 7) is 0. The van der Waals surface area contributed by atoms with Crippen LogP contribution in [0, 0.1) is 0 Å². The molecule has 3 rings (SSSR count). The predicted octanol–water partition coefficient (Wildman–Crippen LogP) is 1.64. The van der Waals surface area contributed by atoms with E-state index in [4.69, 9.17) is 0 Å². The quantitative estimate of drug-likeness (QED) is 0.780. The Labute approximate surface area is 92.4 Å². The Bertz CT molecular complexity index is 551. The zero-order chi connectivity index (χ0) is 11.0. The number of hydrogen-bond donors (Lipinski definition) is 1. The van der Waals surface area contributed by atoms with E-state index in [1.165, 1.54) is 6.33 Å². The molecule has 1 aliphatic rings. The van der Waals surface area contributed by atoms with E-state index in [0.717, 1.165) is 22.4 Å². The number of carbonyl (C=O) groups excluding carboxylic acids is 1. The fourth-order valence-electron chi connectivity index (χ4n) is 1.86. The van der Waals surface area contributed by atoms with Crippen LogP contribution in [0.3, 0.4) is 0 Å². The molecule has 0 unspecified atom stereocenters. The van der Waals surface area contributed by atoms with Crippen LogP contribution in [0.2, 0.25) is 0 Å². The van der Waals surface area contributed by atoms with Gasteiger partial charge in [0.2, 0.25) is 5.91 Å². The number of rotatable bonds is 1. The molecule has 1 aliphatic heterocycles. The molecule has 0 aliphatic carbocycles. The molecule has 1 amide bonds. The zero-order valence-electron chi connectivity index (χ0n) is 8.47. The Balaban J connectivity index is 2.06. The Morgan fingerprint density at radius 3 is 2.75 bits per heavy atom. The van der Waals surface area contributed by atoms with E-state index in [1.54, 1.807) is 12.4 Å². The Hall–Kier alpha value is -2.23. The van der Waals surface area contributed by atoms with Gasteiger partial charge in [-0.2, -0.15) is 0 Å². The SMILES string of the molecule is O=C1Cc2cc(-c3cncnc3)ccc2N1. The number of fused-ring (bicyclic) bond motifs is 1. The molecule has 16 heavy (non-hydrogen) atoms. The lowest BCUT2D eigenvalue weighted by atomic mass is 10.0. The van der Waals surface area contributed by atoms with Gasteiger partial charge in [-0.15, -0.1) is 0 Å². The van der Waals surface area contributed by atoms with Gasteiger partial charge in [0.15, 0.2) is 0 Å². The summed E-state index contributed by atoms with van der Waals surface area (Å²) in [5, 5.41) is 2.81. The number of aromatic nitrogens is 2. The van der Waals surface area contributed by atoms with Gasteiger partial charge in [-0.05, 0) is 23.3 Å². The van der Waals surface area contributed by atoms with Gasteiger partial charge >= 0.3 is 0 Å². The largest absolute Gasteiger partial charge is 0.326 e. The third-order valence-electron chi connectivity index (χ3n) is 2.62. The molecule has 1 N–H and O–H groups in total. The summed E-state index contributed by atoms with van der Waals surface area (Å²) >= 11 is 0. The van der Waals surface area contributed by atoms with Crippen LogP contribution in [0.5, 0.6) is 0 Å². The van der Waals surface area contributed by atoms with Gasteiger partial charge in [-0.1, -0.05) is 6.07 Å². The van der Waals surface area contributed by atoms with Gasteiger partial charge in [0.25, 0.3) is 0 Å². The fraction of sp³-hybridized carbons (Fsp3) is 0.0833. The molecule has 4 nitrogen and oxygen atoms in total. The lowest BCUT2D eigenvalue weighted by Gasteiger charge is -2.03. The first-order valence-corrected chi connectivity index (χ1v) is 5.01. The van der Waals surface area contributed by atoms with E-state index in [2.05, 4.69) is 15.3 Å². The molecule has 0 spiro atoms. The van der Waals surface area contributed by atoms with Gasteiger partial charge in [0.05, 0.1) is 6.42 Å². The van der Waals surface area contributed by atoms with Gasteiger partial charge in [-0.25, -0.2) is 9.97 Å². The third-order valence-corrected chi connectivity index (χ3v) is 2.62. The molecule has 0 atom stereocenters. The monoisotopic (exact) mass is 211 g/mol. The highest BCUT2D eigenvalue weighted by Gasteiger charge is 2.17. The van der Waals surface area contributed by atoms with E-state index in [1.807, 2.05) is 18.2 Å². The number of benzene rings is 1. The van der Waals surface area contributed by atoms with Crippen molar-refractivity contribution in [2.45, 2.75) is 6.42 Å². The molecule has 0 saturated heterocycles. The van der Waals surface area contributed by atoms with Crippen LogP contribution in [0.25, 0.3) is 11.1 Å². The van der Waals surface area contributed by atoms with E-state index >= 15 is 0 Å². The third kappa shape index (κ3) is 1.44. The topological polar surface area (TPSA) is 54.9 Å². The first kappa shape index (κ1) is 9.03. The van der Waals surface area contributed by atoms with Crippen molar-refractivity contribution in [2.75, 3.05) is 5.32 Å². The minimum atomic E-state index is 0.0523. The second kappa shape index (κ2) is 3.41. The number of hydrogen-bond acceptors (Lipinski definition) is 3. The summed E-state index contributed by atoms with van der Waals surface area (Å²) in [7, 11) is 0. The van der Waals surface area contributed by atoms with E-state index in [-0.39, 0.29) is 5.91 Å². The Kier molecular flexibility index (Phi) is 1.93. The Morgan fingerprint density at radius 1 is 1.12 bits per heavy atom. The maximum atomic E-state index is 11.2. The second-order valence-electron chi connectivity index (χ2n) is 3.72. The number of nitrogens with zero attached hydrogens (tertiary/aromatic N) is 2. The van der Waals surface area contributed by atoms with Crippen LogP contribution < -0.4 is 5.32 Å². The highest BCUT2D eigenvalue weighted by atomic mass is 16.1. The second-order valence-corrected chi connectivity index (χ2v) is 3.72. The predicted molar refractivity (Wildman–Crippen MR) is 59.8 cm³/mol. The van der Waals surface area contributed by atoms with Crippen molar-refractivity contribution >= 4 is 11.6 Å². The van der Waals surface area contributed by atoms with Gasteiger partial charge in [0.1, 0.15) is 6.33 Å². The van der Waals surface area contributed by atoms with Crippen molar-refractivity contribution in [1.82, 2.24) is 9.97 Å². The lowest BCUT2D eigenvalue weighted by molar-refractivity contribution is -0.115. The molecule has 78 valence electrons. The molecule has 0 radical (unpaired) electrons. The van der Waals surface area contributed by atoms with E-state index in [9.17, 15) is 4.79 Å². The van der Waals surface area contributed by atoms with E-state index in [0.29, 0.717) is 6.42 Å². The summed E-state index contributed by atoms with van der Waals surface area (Å²) in [6, 6.07) is 5.89. The molecule has 0 bridgehead atoms. The van der Waals surface area contributed by atoms with Crippen molar-refractivity contribution in [1.29, 1.82) is 0 Å². The van der Waals surface area contributed by atoms with Crippen LogP contribution in [-0.2, 0) is 11.2 Å².